The van der Waals surface area contributed by atoms with Crippen LogP contribution in [0.1, 0.15) is 22.2 Å². The summed E-state index contributed by atoms with van der Waals surface area (Å²) in [6.45, 7) is 2.15. The number of hydrogen-bond acceptors (Lipinski definition) is 5. The van der Waals surface area contributed by atoms with Crippen molar-refractivity contribution in [2.75, 3.05) is 6.61 Å². The van der Waals surface area contributed by atoms with E-state index in [9.17, 15) is 9.90 Å². The molecule has 22 heavy (non-hydrogen) atoms. The van der Waals surface area contributed by atoms with Crippen molar-refractivity contribution >= 4 is 27.5 Å². The van der Waals surface area contributed by atoms with Crippen molar-refractivity contribution < 1.29 is 14.6 Å². The number of hydrogen-bond donors (Lipinski definition) is 1. The molecule has 0 radical (unpaired) electrons. The fourth-order valence-corrected chi connectivity index (χ4v) is 3.33. The molecule has 1 aromatic carbocycles. The van der Waals surface area contributed by atoms with Gasteiger partial charge < -0.3 is 9.84 Å². The van der Waals surface area contributed by atoms with Gasteiger partial charge in [0.25, 0.3) is 0 Å². The predicted octanol–water partition coefficient (Wildman–Crippen LogP) is 3.63. The van der Waals surface area contributed by atoms with Gasteiger partial charge in [-0.05, 0) is 36.8 Å². The van der Waals surface area contributed by atoms with E-state index in [1.54, 1.807) is 19.2 Å². The van der Waals surface area contributed by atoms with E-state index in [4.69, 9.17) is 4.74 Å². The number of fused-ring (bicyclic) bond motifs is 1. The third-order valence-electron chi connectivity index (χ3n) is 3.30. The van der Waals surface area contributed by atoms with Crippen molar-refractivity contribution in [1.29, 1.82) is 0 Å². The molecule has 4 nitrogen and oxygen atoms in total. The number of nitrogens with zero attached hydrogens (tertiary/aromatic N) is 1. The van der Waals surface area contributed by atoms with Gasteiger partial charge in [-0.15, -0.1) is 11.3 Å². The number of pyridine rings is 1. The molecule has 0 fully saturated rings. The van der Waals surface area contributed by atoms with E-state index in [0.717, 1.165) is 26.2 Å². The lowest BCUT2D eigenvalue weighted by Gasteiger charge is -2.06. The lowest BCUT2D eigenvalue weighted by atomic mass is 10.0. The van der Waals surface area contributed by atoms with Gasteiger partial charge in [0.1, 0.15) is 0 Å². The number of rotatable bonds is 4. The van der Waals surface area contributed by atoms with Crippen molar-refractivity contribution in [2.45, 2.75) is 13.5 Å². The number of aliphatic hydroxyl groups is 1. The van der Waals surface area contributed by atoms with E-state index >= 15 is 0 Å². The summed E-state index contributed by atoms with van der Waals surface area (Å²) in [7, 11) is 0. The van der Waals surface area contributed by atoms with Gasteiger partial charge in [0.05, 0.1) is 29.0 Å². The van der Waals surface area contributed by atoms with Crippen LogP contribution in [0, 0.1) is 0 Å². The molecule has 0 aliphatic rings. The van der Waals surface area contributed by atoms with Gasteiger partial charge >= 0.3 is 5.97 Å². The summed E-state index contributed by atoms with van der Waals surface area (Å²) in [5.74, 6) is -0.322. The first-order valence-electron chi connectivity index (χ1n) is 6.98. The first kappa shape index (κ1) is 14.7. The molecule has 0 atom stereocenters. The van der Waals surface area contributed by atoms with E-state index in [2.05, 4.69) is 4.98 Å². The summed E-state index contributed by atoms with van der Waals surface area (Å²) >= 11 is 1.51. The molecule has 3 aromatic rings. The molecule has 0 saturated carbocycles. The van der Waals surface area contributed by atoms with Crippen LogP contribution in [0.3, 0.4) is 0 Å². The van der Waals surface area contributed by atoms with Crippen molar-refractivity contribution in [3.05, 3.63) is 53.0 Å². The molecule has 1 N–H and O–H groups in total. The highest BCUT2D eigenvalue weighted by Crippen LogP contribution is 2.34. The Balaban J connectivity index is 2.09. The maximum Gasteiger partial charge on any atom is 0.338 e. The molecular weight excluding hydrogens is 298 g/mol. The van der Waals surface area contributed by atoms with Crippen LogP contribution in [0.4, 0.5) is 0 Å². The molecule has 0 spiro atoms. The molecular formula is C17H15NO3S. The first-order valence-corrected chi connectivity index (χ1v) is 7.80. The van der Waals surface area contributed by atoms with E-state index in [-0.39, 0.29) is 12.6 Å². The van der Waals surface area contributed by atoms with Gasteiger partial charge in [0, 0.05) is 16.6 Å². The number of aromatic nitrogens is 1. The Morgan fingerprint density at radius 2 is 2.18 bits per heavy atom. The molecule has 3 rings (SSSR count). The van der Waals surface area contributed by atoms with Gasteiger partial charge in [-0.3, -0.25) is 4.98 Å². The zero-order valence-corrected chi connectivity index (χ0v) is 12.9. The number of thiophene rings is 1. The molecule has 0 aliphatic heterocycles. The highest BCUT2D eigenvalue weighted by molar-refractivity contribution is 7.19. The summed E-state index contributed by atoms with van der Waals surface area (Å²) < 4.78 is 6.05. The van der Waals surface area contributed by atoms with Crippen LogP contribution in [0.15, 0.2) is 42.6 Å². The van der Waals surface area contributed by atoms with E-state index in [0.29, 0.717) is 12.2 Å². The van der Waals surface area contributed by atoms with Crippen LogP contribution in [0.2, 0.25) is 0 Å². The molecule has 0 aliphatic carbocycles. The minimum absolute atomic E-state index is 0.00331. The van der Waals surface area contributed by atoms with Crippen LogP contribution in [0.25, 0.3) is 21.3 Å². The third kappa shape index (κ3) is 2.73. The number of esters is 1. The van der Waals surface area contributed by atoms with Gasteiger partial charge in [-0.1, -0.05) is 12.1 Å². The van der Waals surface area contributed by atoms with Crippen LogP contribution in [0.5, 0.6) is 0 Å². The number of aliphatic hydroxyl groups excluding tert-OH is 1. The van der Waals surface area contributed by atoms with E-state index in [1.807, 2.05) is 30.3 Å². The first-order chi connectivity index (χ1) is 10.7. The molecule has 112 valence electrons. The maximum absolute atomic E-state index is 11.9. The number of carbonyl (C=O) groups excluding carboxylic acids is 1. The Bertz CT molecular complexity index is 826. The van der Waals surface area contributed by atoms with Gasteiger partial charge in [-0.25, -0.2) is 4.79 Å². The third-order valence-corrected chi connectivity index (χ3v) is 4.45. The highest BCUT2D eigenvalue weighted by Gasteiger charge is 2.12. The fraction of sp³-hybridized carbons (Fsp3) is 0.176. The summed E-state index contributed by atoms with van der Waals surface area (Å²) in [5.41, 5.74) is 3.32. The minimum atomic E-state index is -0.322. The van der Waals surface area contributed by atoms with Gasteiger partial charge in [-0.2, -0.15) is 0 Å². The van der Waals surface area contributed by atoms with Gasteiger partial charge in [0.2, 0.25) is 0 Å². The predicted molar refractivity (Wildman–Crippen MR) is 86.9 cm³/mol. The van der Waals surface area contributed by atoms with Crippen molar-refractivity contribution in [3.63, 3.8) is 0 Å². The quantitative estimate of drug-likeness (QED) is 0.747. The number of benzene rings is 1. The minimum Gasteiger partial charge on any atom is -0.462 e. The Morgan fingerprint density at radius 3 is 2.95 bits per heavy atom. The molecule has 0 amide bonds. The molecule has 5 heteroatoms. The topological polar surface area (TPSA) is 59.4 Å². The average molecular weight is 313 g/mol. The normalized spacial score (nSPS) is 10.8. The molecule has 2 heterocycles. The van der Waals surface area contributed by atoms with Crippen molar-refractivity contribution in [3.8, 4) is 11.1 Å². The monoisotopic (exact) mass is 313 g/mol. The summed E-state index contributed by atoms with van der Waals surface area (Å²) in [5, 5.41) is 9.30. The lowest BCUT2D eigenvalue weighted by Crippen LogP contribution is -2.04. The average Bonchev–Trinajstić information content (AvgIpc) is 2.98. The van der Waals surface area contributed by atoms with Crippen LogP contribution in [-0.2, 0) is 11.3 Å². The number of carbonyl (C=O) groups is 1. The molecule has 0 bridgehead atoms. The molecule has 2 aromatic heterocycles. The highest BCUT2D eigenvalue weighted by atomic mass is 32.1. The summed E-state index contributed by atoms with van der Waals surface area (Å²) in [6.07, 6.45) is 1.74. The Hall–Kier alpha value is -2.24. The standard InChI is InChI=1S/C17H15NO3S/c1-2-21-17(20)12-5-3-4-11(8-12)14-6-7-18-15-9-13(10-19)22-16(14)15/h3-9,19H,2,10H2,1H3. The maximum atomic E-state index is 11.9. The smallest absolute Gasteiger partial charge is 0.338 e. The Labute approximate surface area is 132 Å². The Kier molecular flexibility index (Phi) is 4.18. The van der Waals surface area contributed by atoms with Crippen molar-refractivity contribution in [2.24, 2.45) is 0 Å². The van der Waals surface area contributed by atoms with E-state index in [1.165, 1.54) is 11.3 Å². The number of ether oxygens (including phenoxy) is 1. The zero-order chi connectivity index (χ0) is 15.5. The second kappa shape index (κ2) is 6.25. The summed E-state index contributed by atoms with van der Waals surface area (Å²) in [4.78, 5) is 17.1. The second-order valence-corrected chi connectivity index (χ2v) is 5.88. The molecule has 0 saturated heterocycles. The second-order valence-electron chi connectivity index (χ2n) is 4.74. The van der Waals surface area contributed by atoms with Crippen LogP contribution < -0.4 is 0 Å². The largest absolute Gasteiger partial charge is 0.462 e. The van der Waals surface area contributed by atoms with E-state index < -0.39 is 0 Å². The zero-order valence-electron chi connectivity index (χ0n) is 12.1. The van der Waals surface area contributed by atoms with Gasteiger partial charge in [0.15, 0.2) is 0 Å². The Morgan fingerprint density at radius 1 is 1.32 bits per heavy atom. The SMILES string of the molecule is CCOC(=O)c1cccc(-c2ccnc3cc(CO)sc23)c1. The van der Waals surface area contributed by atoms with Crippen LogP contribution >= 0.6 is 11.3 Å². The summed E-state index contributed by atoms with van der Waals surface area (Å²) in [6, 6.07) is 11.2. The fourth-order valence-electron chi connectivity index (χ4n) is 2.32. The molecule has 0 unspecified atom stereocenters. The van der Waals surface area contributed by atoms with Crippen LogP contribution in [-0.4, -0.2) is 22.7 Å². The lowest BCUT2D eigenvalue weighted by molar-refractivity contribution is 0.0526. The van der Waals surface area contributed by atoms with Crippen molar-refractivity contribution in [1.82, 2.24) is 4.98 Å².